The van der Waals surface area contributed by atoms with Gasteiger partial charge >= 0.3 is 0 Å². The van der Waals surface area contributed by atoms with E-state index in [4.69, 9.17) is 23.2 Å². The molecule has 2 atom stereocenters. The van der Waals surface area contributed by atoms with E-state index in [0.29, 0.717) is 22.3 Å². The van der Waals surface area contributed by atoms with Crippen molar-refractivity contribution >= 4 is 44.6 Å². The van der Waals surface area contributed by atoms with Crippen molar-refractivity contribution in [2.45, 2.75) is 18.5 Å². The molecular formula is C20H20Cl2N2O3S. The molecule has 2 fully saturated rings. The van der Waals surface area contributed by atoms with Crippen molar-refractivity contribution in [1.82, 2.24) is 4.90 Å². The third-order valence-corrected chi connectivity index (χ3v) is 7.57. The molecule has 8 heteroatoms. The lowest BCUT2D eigenvalue weighted by atomic mass is 10.0. The Hall–Kier alpha value is -1.60. The quantitative estimate of drug-likeness (QED) is 0.735. The molecule has 0 bridgehead atoms. The van der Waals surface area contributed by atoms with E-state index in [1.165, 1.54) is 0 Å². The summed E-state index contributed by atoms with van der Waals surface area (Å²) in [6.45, 7) is 0.810. The number of benzene rings is 2. The van der Waals surface area contributed by atoms with E-state index in [0.717, 1.165) is 12.0 Å². The van der Waals surface area contributed by atoms with E-state index in [1.807, 2.05) is 29.2 Å². The van der Waals surface area contributed by atoms with E-state index >= 15 is 0 Å². The first-order chi connectivity index (χ1) is 13.3. The van der Waals surface area contributed by atoms with E-state index in [-0.39, 0.29) is 30.0 Å². The summed E-state index contributed by atoms with van der Waals surface area (Å²) in [6, 6.07) is 14.0. The van der Waals surface area contributed by atoms with Crippen LogP contribution < -0.4 is 4.90 Å². The molecule has 28 heavy (non-hydrogen) atoms. The lowest BCUT2D eigenvalue weighted by Crippen LogP contribution is -2.62. The van der Waals surface area contributed by atoms with E-state index in [2.05, 4.69) is 0 Å². The Morgan fingerprint density at radius 2 is 1.68 bits per heavy atom. The zero-order chi connectivity index (χ0) is 19.9. The fourth-order valence-electron chi connectivity index (χ4n) is 4.09. The van der Waals surface area contributed by atoms with Crippen LogP contribution in [0.3, 0.4) is 0 Å². The van der Waals surface area contributed by atoms with Gasteiger partial charge in [0.25, 0.3) is 0 Å². The second-order valence-electron chi connectivity index (χ2n) is 7.30. The summed E-state index contributed by atoms with van der Waals surface area (Å²) in [5, 5.41) is 1.20. The molecule has 2 heterocycles. The van der Waals surface area contributed by atoms with Gasteiger partial charge in [0.1, 0.15) is 0 Å². The summed E-state index contributed by atoms with van der Waals surface area (Å²) in [6.07, 6.45) is 0.727. The summed E-state index contributed by atoms with van der Waals surface area (Å²) < 4.78 is 24.8. The van der Waals surface area contributed by atoms with Gasteiger partial charge in [-0.15, -0.1) is 0 Å². The second kappa shape index (κ2) is 7.67. The first-order valence-electron chi connectivity index (χ1n) is 9.09. The van der Waals surface area contributed by atoms with E-state index in [1.54, 1.807) is 29.2 Å². The highest BCUT2D eigenvalue weighted by Gasteiger charge is 2.49. The van der Waals surface area contributed by atoms with Crippen LogP contribution in [0, 0.1) is 0 Å². The average Bonchev–Trinajstić information content (AvgIpc) is 2.96. The Balaban J connectivity index is 1.58. The molecule has 0 unspecified atom stereocenters. The van der Waals surface area contributed by atoms with Crippen molar-refractivity contribution in [1.29, 1.82) is 0 Å². The van der Waals surface area contributed by atoms with Crippen molar-refractivity contribution in [3.8, 4) is 0 Å². The molecule has 0 spiro atoms. The fraction of sp³-hybridized carbons (Fsp3) is 0.350. The van der Waals surface area contributed by atoms with Gasteiger partial charge in [-0.2, -0.15) is 0 Å². The number of anilines is 1. The number of piperazine rings is 1. The summed E-state index contributed by atoms with van der Waals surface area (Å²) in [5.41, 5.74) is 1.76. The van der Waals surface area contributed by atoms with Crippen LogP contribution in [0.1, 0.15) is 5.56 Å². The molecule has 0 aromatic heterocycles. The molecule has 1 amide bonds. The average molecular weight is 439 g/mol. The normalized spacial score (nSPS) is 24.4. The van der Waals surface area contributed by atoms with Gasteiger partial charge in [-0.25, -0.2) is 8.42 Å². The Morgan fingerprint density at radius 1 is 0.964 bits per heavy atom. The highest BCUT2D eigenvalue weighted by atomic mass is 35.5. The monoisotopic (exact) mass is 438 g/mol. The minimum Gasteiger partial charge on any atom is -0.306 e. The summed E-state index contributed by atoms with van der Waals surface area (Å²) in [7, 11) is -3.21. The molecule has 0 radical (unpaired) electrons. The number of hydrogen-bond acceptors (Lipinski definition) is 4. The Morgan fingerprint density at radius 3 is 2.39 bits per heavy atom. The van der Waals surface area contributed by atoms with Gasteiger partial charge in [0.2, 0.25) is 5.91 Å². The number of amides is 1. The van der Waals surface area contributed by atoms with Crippen LogP contribution in [0.2, 0.25) is 10.0 Å². The minimum atomic E-state index is -3.21. The van der Waals surface area contributed by atoms with Crippen LogP contribution >= 0.6 is 23.2 Å². The number of halogens is 2. The van der Waals surface area contributed by atoms with Crippen molar-refractivity contribution in [2.75, 3.05) is 29.5 Å². The largest absolute Gasteiger partial charge is 0.306 e. The molecule has 2 aliphatic heterocycles. The van der Waals surface area contributed by atoms with Gasteiger partial charge in [-0.1, -0.05) is 41.4 Å². The van der Waals surface area contributed by atoms with Gasteiger partial charge in [0.05, 0.1) is 24.1 Å². The molecule has 2 saturated heterocycles. The number of carbonyl (C=O) groups excluding carboxylic acids is 1. The predicted octanol–water partition coefficient (Wildman–Crippen LogP) is 3.05. The van der Waals surface area contributed by atoms with Crippen molar-refractivity contribution < 1.29 is 13.2 Å². The zero-order valence-electron chi connectivity index (χ0n) is 15.1. The Bertz CT molecular complexity index is 995. The second-order valence-corrected chi connectivity index (χ2v) is 10.3. The van der Waals surface area contributed by atoms with Gasteiger partial charge in [-0.3, -0.25) is 9.69 Å². The molecule has 0 saturated carbocycles. The highest BCUT2D eigenvalue weighted by molar-refractivity contribution is 7.91. The summed E-state index contributed by atoms with van der Waals surface area (Å²) in [5.74, 6) is -0.0487. The lowest BCUT2D eigenvalue weighted by Gasteiger charge is -2.43. The number of rotatable bonds is 4. The maximum absolute atomic E-state index is 13.0. The van der Waals surface area contributed by atoms with Gasteiger partial charge in [-0.05, 0) is 42.3 Å². The summed E-state index contributed by atoms with van der Waals surface area (Å²) >= 11 is 12.0. The third-order valence-electron chi connectivity index (χ3n) is 5.39. The Kier molecular flexibility index (Phi) is 5.40. The van der Waals surface area contributed by atoms with Crippen LogP contribution in [0.15, 0.2) is 48.5 Å². The molecule has 5 nitrogen and oxygen atoms in total. The molecule has 2 aromatic rings. The highest BCUT2D eigenvalue weighted by Crippen LogP contribution is 2.32. The SMILES string of the molecule is O=C1CN(CCc2ccc(Cl)cc2)[C@H]2CS(=O)(=O)C[C@H]2N1c1cccc(Cl)c1. The molecule has 148 valence electrons. The van der Waals surface area contributed by atoms with Crippen LogP contribution in [0.4, 0.5) is 5.69 Å². The first-order valence-corrected chi connectivity index (χ1v) is 11.7. The maximum atomic E-state index is 13.0. The van der Waals surface area contributed by atoms with Crippen molar-refractivity contribution in [3.63, 3.8) is 0 Å². The lowest BCUT2D eigenvalue weighted by molar-refractivity contribution is -0.123. The van der Waals surface area contributed by atoms with Crippen molar-refractivity contribution in [3.05, 3.63) is 64.1 Å². The number of hydrogen-bond donors (Lipinski definition) is 0. The minimum absolute atomic E-state index is 0.0205. The van der Waals surface area contributed by atoms with Crippen LogP contribution in [0.25, 0.3) is 0 Å². The smallest absolute Gasteiger partial charge is 0.241 e. The molecule has 2 aliphatic rings. The van der Waals surface area contributed by atoms with E-state index in [9.17, 15) is 13.2 Å². The predicted molar refractivity (Wildman–Crippen MR) is 112 cm³/mol. The Labute approximate surface area is 174 Å². The van der Waals surface area contributed by atoms with Crippen LogP contribution in [-0.2, 0) is 21.1 Å². The fourth-order valence-corrected chi connectivity index (χ4v) is 6.38. The standard InChI is InChI=1S/C20H20Cl2N2O3S/c21-15-6-4-14(5-7-15)8-9-23-11-20(25)24(17-3-1-2-16(22)10-17)19-13-28(26,27)12-18(19)23/h1-7,10,18-19H,8-9,11-13H2/t18-,19+/m0/s1. The molecule has 0 aliphatic carbocycles. The van der Waals surface area contributed by atoms with Crippen molar-refractivity contribution in [2.24, 2.45) is 0 Å². The topological polar surface area (TPSA) is 57.7 Å². The maximum Gasteiger partial charge on any atom is 0.241 e. The third kappa shape index (κ3) is 4.06. The van der Waals surface area contributed by atoms with Gasteiger partial charge < -0.3 is 4.90 Å². The molecule has 4 rings (SSSR count). The molecular weight excluding hydrogens is 419 g/mol. The molecule has 0 N–H and O–H groups in total. The number of nitrogens with zero attached hydrogens (tertiary/aromatic N) is 2. The zero-order valence-corrected chi connectivity index (χ0v) is 17.4. The van der Waals surface area contributed by atoms with Gasteiger partial charge in [0.15, 0.2) is 9.84 Å². The number of sulfone groups is 1. The number of fused-ring (bicyclic) bond motifs is 1. The first kappa shape index (κ1) is 19.7. The van der Waals surface area contributed by atoms with Crippen LogP contribution in [-0.4, -0.2) is 55.9 Å². The summed E-state index contributed by atoms with van der Waals surface area (Å²) in [4.78, 5) is 16.6. The van der Waals surface area contributed by atoms with E-state index < -0.39 is 15.9 Å². The van der Waals surface area contributed by atoms with Crippen LogP contribution in [0.5, 0.6) is 0 Å². The van der Waals surface area contributed by atoms with Gasteiger partial charge in [0, 0.05) is 28.3 Å². The number of carbonyl (C=O) groups is 1. The molecule has 2 aromatic carbocycles.